The Morgan fingerprint density at radius 3 is 2.74 bits per heavy atom. The molecular formula is C12H15Cl2N5. The summed E-state index contributed by atoms with van der Waals surface area (Å²) in [5.41, 5.74) is 7.00. The number of anilines is 1. The maximum absolute atomic E-state index is 6.03. The molecule has 0 amide bonds. The first kappa shape index (κ1) is 14.1. The zero-order chi connectivity index (χ0) is 13.8. The lowest BCUT2D eigenvalue weighted by Crippen LogP contribution is -2.03. The first-order chi connectivity index (χ1) is 9.13. The predicted molar refractivity (Wildman–Crippen MR) is 77.2 cm³/mol. The minimum absolute atomic E-state index is 0.357. The number of aromatic nitrogens is 4. The number of hydrogen-bond donors (Lipinski definition) is 1. The van der Waals surface area contributed by atoms with Gasteiger partial charge in [-0.15, -0.1) is 5.10 Å². The van der Waals surface area contributed by atoms with Gasteiger partial charge in [0.25, 0.3) is 0 Å². The fourth-order valence-corrected chi connectivity index (χ4v) is 2.15. The van der Waals surface area contributed by atoms with Gasteiger partial charge in [-0.1, -0.05) is 43.0 Å². The molecule has 2 N–H and O–H groups in total. The minimum atomic E-state index is 0.357. The minimum Gasteiger partial charge on any atom is -0.397 e. The maximum atomic E-state index is 6.03. The molecule has 0 spiro atoms. The Hall–Kier alpha value is -1.33. The van der Waals surface area contributed by atoms with E-state index >= 15 is 0 Å². The molecule has 2 rings (SSSR count). The van der Waals surface area contributed by atoms with E-state index in [1.165, 1.54) is 0 Å². The van der Waals surface area contributed by atoms with Crippen LogP contribution in [0.5, 0.6) is 0 Å². The zero-order valence-corrected chi connectivity index (χ0v) is 12.1. The Labute approximate surface area is 121 Å². The Bertz CT molecular complexity index is 544. The highest BCUT2D eigenvalue weighted by atomic mass is 35.5. The number of nitrogens with zero attached hydrogens (tertiary/aromatic N) is 4. The van der Waals surface area contributed by atoms with Gasteiger partial charge < -0.3 is 5.73 Å². The van der Waals surface area contributed by atoms with Crippen molar-refractivity contribution in [3.63, 3.8) is 0 Å². The van der Waals surface area contributed by atoms with E-state index in [2.05, 4.69) is 22.4 Å². The van der Waals surface area contributed by atoms with Gasteiger partial charge in [0.1, 0.15) is 0 Å². The monoisotopic (exact) mass is 299 g/mol. The standard InChI is InChI=1S/C12H15Cl2N5/c1-2-3-4-5-19-12(16-17-18-19)8-6-9(13)11(14)10(15)7-8/h6-7H,2-5,15H2,1H3. The van der Waals surface area contributed by atoms with Crippen molar-refractivity contribution in [1.82, 2.24) is 20.2 Å². The van der Waals surface area contributed by atoms with E-state index in [0.29, 0.717) is 21.6 Å². The van der Waals surface area contributed by atoms with Gasteiger partial charge in [-0.3, -0.25) is 0 Å². The fourth-order valence-electron chi connectivity index (χ4n) is 1.81. The molecule has 7 heteroatoms. The number of halogens is 2. The molecule has 1 aromatic carbocycles. The van der Waals surface area contributed by atoms with E-state index < -0.39 is 0 Å². The molecule has 0 aliphatic carbocycles. The highest BCUT2D eigenvalue weighted by Crippen LogP contribution is 2.32. The van der Waals surface area contributed by atoms with Crippen LogP contribution in [0.2, 0.25) is 10.0 Å². The smallest absolute Gasteiger partial charge is 0.182 e. The van der Waals surface area contributed by atoms with Crippen molar-refractivity contribution < 1.29 is 0 Å². The third-order valence-electron chi connectivity index (χ3n) is 2.82. The second-order valence-corrected chi connectivity index (χ2v) is 5.08. The van der Waals surface area contributed by atoms with Gasteiger partial charge in [-0.25, -0.2) is 4.68 Å². The van der Waals surface area contributed by atoms with Crippen molar-refractivity contribution in [1.29, 1.82) is 0 Å². The van der Waals surface area contributed by atoms with Crippen molar-refractivity contribution in [2.45, 2.75) is 32.7 Å². The highest BCUT2D eigenvalue weighted by molar-refractivity contribution is 6.43. The summed E-state index contributed by atoms with van der Waals surface area (Å²) in [6.45, 7) is 2.93. The highest BCUT2D eigenvalue weighted by Gasteiger charge is 2.12. The lowest BCUT2D eigenvalue weighted by molar-refractivity contribution is 0.541. The summed E-state index contributed by atoms with van der Waals surface area (Å²) in [4.78, 5) is 0. The summed E-state index contributed by atoms with van der Waals surface area (Å²) in [7, 11) is 0. The van der Waals surface area contributed by atoms with Gasteiger partial charge in [0, 0.05) is 12.1 Å². The van der Waals surface area contributed by atoms with Gasteiger partial charge in [0.2, 0.25) is 0 Å². The van der Waals surface area contributed by atoms with E-state index in [9.17, 15) is 0 Å². The second kappa shape index (κ2) is 6.21. The molecule has 19 heavy (non-hydrogen) atoms. The molecule has 0 aliphatic rings. The maximum Gasteiger partial charge on any atom is 0.182 e. The van der Waals surface area contributed by atoms with Crippen LogP contribution < -0.4 is 5.73 Å². The summed E-state index contributed by atoms with van der Waals surface area (Å²) in [5, 5.41) is 12.5. The normalized spacial score (nSPS) is 10.9. The second-order valence-electron chi connectivity index (χ2n) is 4.29. The number of aryl methyl sites for hydroxylation is 1. The van der Waals surface area contributed by atoms with Crippen LogP contribution in [0.15, 0.2) is 12.1 Å². The third-order valence-corrected chi connectivity index (χ3v) is 3.64. The third kappa shape index (κ3) is 3.16. The van der Waals surface area contributed by atoms with Crippen LogP contribution in [0.1, 0.15) is 26.2 Å². The molecule has 0 unspecified atom stereocenters. The summed E-state index contributed by atoms with van der Waals surface area (Å²) in [6, 6.07) is 3.46. The number of unbranched alkanes of at least 4 members (excludes halogenated alkanes) is 2. The topological polar surface area (TPSA) is 69.6 Å². The van der Waals surface area contributed by atoms with Crippen LogP contribution in [0.3, 0.4) is 0 Å². The fraction of sp³-hybridized carbons (Fsp3) is 0.417. The van der Waals surface area contributed by atoms with Crippen LogP contribution in [0.25, 0.3) is 11.4 Å². The van der Waals surface area contributed by atoms with Crippen LogP contribution in [-0.2, 0) is 6.54 Å². The summed E-state index contributed by atoms with van der Waals surface area (Å²) in [5.74, 6) is 0.654. The largest absolute Gasteiger partial charge is 0.397 e. The molecule has 5 nitrogen and oxygen atoms in total. The summed E-state index contributed by atoms with van der Waals surface area (Å²) in [6.07, 6.45) is 3.32. The Morgan fingerprint density at radius 1 is 1.26 bits per heavy atom. The number of rotatable bonds is 5. The summed E-state index contributed by atoms with van der Waals surface area (Å²) < 4.78 is 1.76. The molecule has 0 atom stereocenters. The van der Waals surface area contributed by atoms with Gasteiger partial charge in [0.15, 0.2) is 5.82 Å². The van der Waals surface area contributed by atoms with Crippen molar-refractivity contribution in [2.24, 2.45) is 0 Å². The molecule has 0 fully saturated rings. The Balaban J connectivity index is 2.29. The van der Waals surface area contributed by atoms with Crippen LogP contribution in [0, 0.1) is 0 Å². The van der Waals surface area contributed by atoms with E-state index in [4.69, 9.17) is 28.9 Å². The van der Waals surface area contributed by atoms with E-state index in [-0.39, 0.29) is 0 Å². The average Bonchev–Trinajstić information content (AvgIpc) is 2.84. The molecule has 0 radical (unpaired) electrons. The molecule has 2 aromatic rings. The molecule has 0 saturated heterocycles. The van der Waals surface area contributed by atoms with Crippen LogP contribution >= 0.6 is 23.2 Å². The molecule has 102 valence electrons. The number of tetrazole rings is 1. The number of nitrogen functional groups attached to an aromatic ring is 1. The van der Waals surface area contributed by atoms with Crippen LogP contribution in [-0.4, -0.2) is 20.2 Å². The first-order valence-corrected chi connectivity index (χ1v) is 6.90. The van der Waals surface area contributed by atoms with E-state index in [0.717, 1.165) is 31.4 Å². The van der Waals surface area contributed by atoms with Gasteiger partial charge in [0.05, 0.1) is 15.7 Å². The Morgan fingerprint density at radius 2 is 2.05 bits per heavy atom. The quantitative estimate of drug-likeness (QED) is 0.678. The molecule has 0 bridgehead atoms. The first-order valence-electron chi connectivity index (χ1n) is 6.14. The van der Waals surface area contributed by atoms with Crippen molar-refractivity contribution >= 4 is 28.9 Å². The van der Waals surface area contributed by atoms with Crippen molar-refractivity contribution in [2.75, 3.05) is 5.73 Å². The van der Waals surface area contributed by atoms with Crippen molar-refractivity contribution in [3.8, 4) is 11.4 Å². The average molecular weight is 300 g/mol. The lowest BCUT2D eigenvalue weighted by atomic mass is 10.2. The molecule has 1 heterocycles. The molecule has 1 aromatic heterocycles. The SMILES string of the molecule is CCCCCn1nnnc1-c1cc(N)c(Cl)c(Cl)c1. The van der Waals surface area contributed by atoms with Crippen LogP contribution in [0.4, 0.5) is 5.69 Å². The number of benzene rings is 1. The number of nitrogens with two attached hydrogens (primary N) is 1. The Kier molecular flexibility index (Phi) is 4.61. The molecule has 0 saturated carbocycles. The summed E-state index contributed by atoms with van der Waals surface area (Å²) >= 11 is 12.0. The van der Waals surface area contributed by atoms with Gasteiger partial charge >= 0.3 is 0 Å². The van der Waals surface area contributed by atoms with E-state index in [1.807, 2.05) is 0 Å². The molecule has 0 aliphatic heterocycles. The zero-order valence-electron chi connectivity index (χ0n) is 10.6. The van der Waals surface area contributed by atoms with Gasteiger partial charge in [-0.2, -0.15) is 0 Å². The lowest BCUT2D eigenvalue weighted by Gasteiger charge is -2.07. The van der Waals surface area contributed by atoms with Gasteiger partial charge in [-0.05, 0) is 29.0 Å². The predicted octanol–water partition coefficient (Wildman–Crippen LogP) is 3.42. The number of hydrogen-bond acceptors (Lipinski definition) is 4. The van der Waals surface area contributed by atoms with Crippen molar-refractivity contribution in [3.05, 3.63) is 22.2 Å². The molecular weight excluding hydrogens is 285 g/mol. The van der Waals surface area contributed by atoms with E-state index in [1.54, 1.807) is 16.8 Å².